The molecule has 0 radical (unpaired) electrons. The first-order chi connectivity index (χ1) is 10.2. The Balaban J connectivity index is 0.00000242. The van der Waals surface area contributed by atoms with Gasteiger partial charge in [0.05, 0.1) is 6.54 Å². The normalized spacial score (nSPS) is 14.2. The van der Waals surface area contributed by atoms with Crippen molar-refractivity contribution in [3.8, 4) is 5.75 Å². The Kier molecular flexibility index (Phi) is 8.60. The summed E-state index contributed by atoms with van der Waals surface area (Å²) in [5, 5.41) is 6.58. The SMILES string of the molecule is CCNC(=NCC1CC1)NCCOc1cc(C)cc(C)c1.I. The van der Waals surface area contributed by atoms with Gasteiger partial charge in [-0.25, -0.2) is 0 Å². The number of hydrogen-bond donors (Lipinski definition) is 2. The van der Waals surface area contributed by atoms with Gasteiger partial charge in [-0.3, -0.25) is 4.99 Å². The smallest absolute Gasteiger partial charge is 0.191 e. The van der Waals surface area contributed by atoms with Crippen LogP contribution in [-0.2, 0) is 0 Å². The van der Waals surface area contributed by atoms with Crippen LogP contribution in [0.3, 0.4) is 0 Å². The number of aliphatic imine (C=N–C) groups is 1. The molecule has 0 aliphatic heterocycles. The maximum absolute atomic E-state index is 5.79. The van der Waals surface area contributed by atoms with Crippen LogP contribution in [0.25, 0.3) is 0 Å². The maximum Gasteiger partial charge on any atom is 0.191 e. The quantitative estimate of drug-likeness (QED) is 0.310. The van der Waals surface area contributed by atoms with Gasteiger partial charge in [0, 0.05) is 13.1 Å². The van der Waals surface area contributed by atoms with E-state index in [0.717, 1.165) is 37.3 Å². The lowest BCUT2D eigenvalue weighted by atomic mass is 10.1. The summed E-state index contributed by atoms with van der Waals surface area (Å²) >= 11 is 0. The Morgan fingerprint density at radius 2 is 1.86 bits per heavy atom. The van der Waals surface area contributed by atoms with Gasteiger partial charge in [-0.15, -0.1) is 24.0 Å². The number of ether oxygens (including phenoxy) is 1. The van der Waals surface area contributed by atoms with Gasteiger partial charge in [-0.1, -0.05) is 6.07 Å². The maximum atomic E-state index is 5.79. The summed E-state index contributed by atoms with van der Waals surface area (Å²) < 4.78 is 5.79. The minimum Gasteiger partial charge on any atom is -0.492 e. The third-order valence-corrected chi connectivity index (χ3v) is 3.41. The van der Waals surface area contributed by atoms with Gasteiger partial charge in [-0.05, 0) is 62.8 Å². The first kappa shape index (κ1) is 19.1. The van der Waals surface area contributed by atoms with Crippen LogP contribution in [-0.4, -0.2) is 32.2 Å². The summed E-state index contributed by atoms with van der Waals surface area (Å²) in [6, 6.07) is 6.29. The van der Waals surface area contributed by atoms with E-state index < -0.39 is 0 Å². The van der Waals surface area contributed by atoms with Gasteiger partial charge in [0.2, 0.25) is 0 Å². The van der Waals surface area contributed by atoms with Gasteiger partial charge >= 0.3 is 0 Å². The predicted octanol–water partition coefficient (Wildman–Crippen LogP) is 3.27. The van der Waals surface area contributed by atoms with Crippen LogP contribution in [0.2, 0.25) is 0 Å². The molecule has 0 saturated heterocycles. The Labute approximate surface area is 151 Å². The molecule has 0 bridgehead atoms. The molecular weight excluding hydrogens is 389 g/mol. The Hall–Kier alpha value is -0.980. The highest BCUT2D eigenvalue weighted by atomic mass is 127. The standard InChI is InChI=1S/C17H27N3O.HI/c1-4-18-17(20-12-15-5-6-15)19-7-8-21-16-10-13(2)9-14(3)11-16;/h9-11,15H,4-8,12H2,1-3H3,(H2,18,19,20);1H. The van der Waals surface area contributed by atoms with Crippen LogP contribution >= 0.6 is 24.0 Å². The van der Waals surface area contributed by atoms with E-state index in [4.69, 9.17) is 4.74 Å². The summed E-state index contributed by atoms with van der Waals surface area (Å²) in [6.45, 7) is 9.47. The second kappa shape index (κ2) is 9.92. The molecule has 0 atom stereocenters. The van der Waals surface area contributed by atoms with Crippen molar-refractivity contribution in [1.82, 2.24) is 10.6 Å². The highest BCUT2D eigenvalue weighted by Gasteiger charge is 2.20. The van der Waals surface area contributed by atoms with E-state index in [-0.39, 0.29) is 24.0 Å². The predicted molar refractivity (Wildman–Crippen MR) is 104 cm³/mol. The van der Waals surface area contributed by atoms with E-state index in [9.17, 15) is 0 Å². The van der Waals surface area contributed by atoms with Crippen molar-refractivity contribution in [2.45, 2.75) is 33.6 Å². The van der Waals surface area contributed by atoms with E-state index in [2.05, 4.69) is 54.6 Å². The molecular formula is C17H28IN3O. The first-order valence-corrected chi connectivity index (χ1v) is 7.90. The number of nitrogens with zero attached hydrogens (tertiary/aromatic N) is 1. The van der Waals surface area contributed by atoms with Gasteiger partial charge in [0.1, 0.15) is 12.4 Å². The monoisotopic (exact) mass is 417 g/mol. The third-order valence-electron chi connectivity index (χ3n) is 3.41. The molecule has 124 valence electrons. The van der Waals surface area contributed by atoms with Crippen molar-refractivity contribution in [3.05, 3.63) is 29.3 Å². The molecule has 22 heavy (non-hydrogen) atoms. The summed E-state index contributed by atoms with van der Waals surface area (Å²) in [6.07, 6.45) is 2.66. The Bertz CT molecular complexity index is 467. The number of halogens is 1. The summed E-state index contributed by atoms with van der Waals surface area (Å²) in [7, 11) is 0. The average molecular weight is 417 g/mol. The summed E-state index contributed by atoms with van der Waals surface area (Å²) in [5.41, 5.74) is 2.47. The van der Waals surface area contributed by atoms with Gasteiger partial charge in [0.15, 0.2) is 5.96 Å². The van der Waals surface area contributed by atoms with Crippen molar-refractivity contribution in [2.75, 3.05) is 26.2 Å². The third kappa shape index (κ3) is 7.33. The van der Waals surface area contributed by atoms with Crippen molar-refractivity contribution in [3.63, 3.8) is 0 Å². The zero-order valence-electron chi connectivity index (χ0n) is 13.8. The summed E-state index contributed by atoms with van der Waals surface area (Å²) in [4.78, 5) is 4.59. The van der Waals surface area contributed by atoms with Crippen molar-refractivity contribution in [2.24, 2.45) is 10.9 Å². The molecule has 1 saturated carbocycles. The molecule has 1 aromatic rings. The number of guanidine groups is 1. The van der Waals surface area contributed by atoms with Crippen LogP contribution in [0.5, 0.6) is 5.75 Å². The number of hydrogen-bond acceptors (Lipinski definition) is 2. The number of nitrogens with one attached hydrogen (secondary N) is 2. The molecule has 4 nitrogen and oxygen atoms in total. The van der Waals surface area contributed by atoms with E-state index in [1.807, 2.05) is 0 Å². The first-order valence-electron chi connectivity index (χ1n) is 7.90. The fourth-order valence-corrected chi connectivity index (χ4v) is 2.22. The Morgan fingerprint density at radius 1 is 1.18 bits per heavy atom. The summed E-state index contributed by atoms with van der Waals surface area (Å²) in [5.74, 6) is 2.65. The molecule has 0 unspecified atom stereocenters. The van der Waals surface area contributed by atoms with Crippen molar-refractivity contribution >= 4 is 29.9 Å². The molecule has 1 aliphatic carbocycles. The fraction of sp³-hybridized carbons (Fsp3) is 0.588. The zero-order chi connectivity index (χ0) is 15.1. The number of aryl methyl sites for hydroxylation is 2. The zero-order valence-corrected chi connectivity index (χ0v) is 16.1. The van der Waals surface area contributed by atoms with E-state index >= 15 is 0 Å². The minimum absolute atomic E-state index is 0. The lowest BCUT2D eigenvalue weighted by Gasteiger charge is -2.12. The van der Waals surface area contributed by atoms with Gasteiger partial charge in [0.25, 0.3) is 0 Å². The van der Waals surface area contributed by atoms with Crippen LogP contribution < -0.4 is 15.4 Å². The van der Waals surface area contributed by atoms with Crippen LogP contribution in [0.1, 0.15) is 30.9 Å². The number of rotatable bonds is 7. The molecule has 0 amide bonds. The topological polar surface area (TPSA) is 45.7 Å². The highest BCUT2D eigenvalue weighted by molar-refractivity contribution is 14.0. The molecule has 2 N–H and O–H groups in total. The molecule has 0 spiro atoms. The molecule has 1 aromatic carbocycles. The molecule has 1 fully saturated rings. The lowest BCUT2D eigenvalue weighted by Crippen LogP contribution is -2.39. The Morgan fingerprint density at radius 3 is 2.45 bits per heavy atom. The van der Waals surface area contributed by atoms with Crippen molar-refractivity contribution < 1.29 is 4.74 Å². The number of benzene rings is 1. The van der Waals surface area contributed by atoms with Crippen LogP contribution in [0.15, 0.2) is 23.2 Å². The fourth-order valence-electron chi connectivity index (χ4n) is 2.22. The minimum atomic E-state index is 0. The van der Waals surface area contributed by atoms with E-state index in [0.29, 0.717) is 6.61 Å². The van der Waals surface area contributed by atoms with E-state index in [1.54, 1.807) is 0 Å². The molecule has 0 aromatic heterocycles. The van der Waals surface area contributed by atoms with Gasteiger partial charge in [-0.2, -0.15) is 0 Å². The largest absolute Gasteiger partial charge is 0.492 e. The van der Waals surface area contributed by atoms with Gasteiger partial charge < -0.3 is 15.4 Å². The second-order valence-corrected chi connectivity index (χ2v) is 5.76. The molecule has 1 aliphatic rings. The molecule has 0 heterocycles. The molecule has 2 rings (SSSR count). The average Bonchev–Trinajstić information content (AvgIpc) is 3.24. The van der Waals surface area contributed by atoms with Crippen LogP contribution in [0.4, 0.5) is 0 Å². The lowest BCUT2D eigenvalue weighted by molar-refractivity contribution is 0.321. The second-order valence-electron chi connectivity index (χ2n) is 5.76. The van der Waals surface area contributed by atoms with E-state index in [1.165, 1.54) is 24.0 Å². The highest BCUT2D eigenvalue weighted by Crippen LogP contribution is 2.28. The van der Waals surface area contributed by atoms with Crippen LogP contribution in [0, 0.1) is 19.8 Å². The van der Waals surface area contributed by atoms with Crippen molar-refractivity contribution in [1.29, 1.82) is 0 Å². The molecule has 5 heteroatoms.